The molecule has 1 aliphatic rings. The minimum Gasteiger partial charge on any atom is -0.308 e. The molecule has 100 valence electrons. The van der Waals surface area contributed by atoms with Crippen LogP contribution in [0.4, 0.5) is 5.82 Å². The number of hydrogen-bond donors (Lipinski definition) is 2. The number of hydrazine groups is 1. The summed E-state index contributed by atoms with van der Waals surface area (Å²) >= 11 is 0. The summed E-state index contributed by atoms with van der Waals surface area (Å²) in [5, 5.41) is 0. The molecule has 18 heavy (non-hydrogen) atoms. The Kier molecular flexibility index (Phi) is 4.49. The summed E-state index contributed by atoms with van der Waals surface area (Å²) in [6.45, 7) is 6.22. The number of rotatable bonds is 3. The minimum atomic E-state index is 0.617. The van der Waals surface area contributed by atoms with Gasteiger partial charge in [0.1, 0.15) is 11.6 Å². The SMILES string of the molecule is Cc1cc(NN)nc(CN2CCCCCC2C)n1. The topological polar surface area (TPSA) is 67.1 Å². The number of hydrogen-bond acceptors (Lipinski definition) is 5. The molecule has 0 amide bonds. The van der Waals surface area contributed by atoms with E-state index in [-0.39, 0.29) is 0 Å². The molecule has 0 saturated carbocycles. The second kappa shape index (κ2) is 6.11. The summed E-state index contributed by atoms with van der Waals surface area (Å²) in [6.07, 6.45) is 5.22. The maximum Gasteiger partial charge on any atom is 0.145 e. The van der Waals surface area contributed by atoms with Gasteiger partial charge in [0.05, 0.1) is 6.54 Å². The summed E-state index contributed by atoms with van der Waals surface area (Å²) in [7, 11) is 0. The first-order valence-electron chi connectivity index (χ1n) is 6.74. The summed E-state index contributed by atoms with van der Waals surface area (Å²) in [6, 6.07) is 2.47. The molecule has 2 heterocycles. The van der Waals surface area contributed by atoms with E-state index < -0.39 is 0 Å². The van der Waals surface area contributed by atoms with Crippen molar-refractivity contribution in [2.24, 2.45) is 5.84 Å². The Balaban J connectivity index is 2.09. The summed E-state index contributed by atoms with van der Waals surface area (Å²) in [5.41, 5.74) is 3.55. The first-order chi connectivity index (χ1) is 8.69. The van der Waals surface area contributed by atoms with Crippen molar-refractivity contribution in [3.05, 3.63) is 17.6 Å². The highest BCUT2D eigenvalue weighted by Gasteiger charge is 2.18. The number of nitrogen functional groups attached to an aromatic ring is 1. The van der Waals surface area contributed by atoms with Crippen LogP contribution in [0.15, 0.2) is 6.07 Å². The first kappa shape index (κ1) is 13.2. The van der Waals surface area contributed by atoms with E-state index in [4.69, 9.17) is 5.84 Å². The highest BCUT2D eigenvalue weighted by Crippen LogP contribution is 2.18. The van der Waals surface area contributed by atoms with Crippen LogP contribution in [0.1, 0.15) is 44.1 Å². The molecule has 1 unspecified atom stereocenters. The molecule has 1 saturated heterocycles. The van der Waals surface area contributed by atoms with Crippen LogP contribution in [-0.2, 0) is 6.54 Å². The molecule has 0 spiro atoms. The Morgan fingerprint density at radius 1 is 1.39 bits per heavy atom. The van der Waals surface area contributed by atoms with Crippen LogP contribution in [0.5, 0.6) is 0 Å². The smallest absolute Gasteiger partial charge is 0.145 e. The van der Waals surface area contributed by atoms with Gasteiger partial charge in [-0.25, -0.2) is 15.8 Å². The minimum absolute atomic E-state index is 0.617. The van der Waals surface area contributed by atoms with Crippen LogP contribution in [0.25, 0.3) is 0 Å². The molecule has 0 radical (unpaired) electrons. The van der Waals surface area contributed by atoms with Gasteiger partial charge in [0.25, 0.3) is 0 Å². The third-order valence-corrected chi connectivity index (χ3v) is 3.58. The zero-order valence-electron chi connectivity index (χ0n) is 11.3. The quantitative estimate of drug-likeness (QED) is 0.632. The molecular formula is C13H23N5. The van der Waals surface area contributed by atoms with Crippen LogP contribution in [-0.4, -0.2) is 27.5 Å². The van der Waals surface area contributed by atoms with Crippen LogP contribution in [0, 0.1) is 6.92 Å². The third-order valence-electron chi connectivity index (χ3n) is 3.58. The van der Waals surface area contributed by atoms with Crippen molar-refractivity contribution in [1.82, 2.24) is 14.9 Å². The molecule has 1 aromatic heterocycles. The van der Waals surface area contributed by atoms with Gasteiger partial charge in [-0.3, -0.25) is 4.90 Å². The van der Waals surface area contributed by atoms with Crippen LogP contribution in [0.2, 0.25) is 0 Å². The number of aromatic nitrogens is 2. The average molecular weight is 249 g/mol. The van der Waals surface area contributed by atoms with E-state index in [0.717, 1.165) is 24.6 Å². The molecule has 3 N–H and O–H groups in total. The van der Waals surface area contributed by atoms with Gasteiger partial charge in [0.2, 0.25) is 0 Å². The average Bonchev–Trinajstić information content (AvgIpc) is 2.54. The van der Waals surface area contributed by atoms with Crippen molar-refractivity contribution < 1.29 is 0 Å². The number of nitrogens with one attached hydrogen (secondary N) is 1. The molecular weight excluding hydrogens is 226 g/mol. The largest absolute Gasteiger partial charge is 0.308 e. The second-order valence-corrected chi connectivity index (χ2v) is 5.12. The fraction of sp³-hybridized carbons (Fsp3) is 0.692. The van der Waals surface area contributed by atoms with Gasteiger partial charge in [0.15, 0.2) is 0 Å². The van der Waals surface area contributed by atoms with Gasteiger partial charge in [0, 0.05) is 17.8 Å². The molecule has 1 fully saturated rings. The Labute approximate surface area is 109 Å². The lowest BCUT2D eigenvalue weighted by Gasteiger charge is -2.26. The highest BCUT2D eigenvalue weighted by atomic mass is 15.3. The number of nitrogens with two attached hydrogens (primary N) is 1. The molecule has 0 aromatic carbocycles. The second-order valence-electron chi connectivity index (χ2n) is 5.12. The van der Waals surface area contributed by atoms with E-state index in [1.54, 1.807) is 0 Å². The van der Waals surface area contributed by atoms with E-state index in [1.807, 2.05) is 13.0 Å². The number of nitrogens with zero attached hydrogens (tertiary/aromatic N) is 3. The van der Waals surface area contributed by atoms with E-state index in [1.165, 1.54) is 25.7 Å². The lowest BCUT2D eigenvalue weighted by Crippen LogP contribution is -2.32. The normalized spacial score (nSPS) is 21.6. The third kappa shape index (κ3) is 3.40. The number of aryl methyl sites for hydroxylation is 1. The van der Waals surface area contributed by atoms with Gasteiger partial charge < -0.3 is 5.43 Å². The lowest BCUT2D eigenvalue weighted by atomic mass is 10.1. The van der Waals surface area contributed by atoms with Gasteiger partial charge in [-0.15, -0.1) is 0 Å². The highest BCUT2D eigenvalue weighted by molar-refractivity contribution is 5.33. The maximum absolute atomic E-state index is 5.42. The monoisotopic (exact) mass is 249 g/mol. The van der Waals surface area contributed by atoms with Crippen LogP contribution in [0.3, 0.4) is 0 Å². The molecule has 1 aromatic rings. The van der Waals surface area contributed by atoms with Gasteiger partial charge in [-0.05, 0) is 33.2 Å². The number of likely N-dealkylation sites (tertiary alicyclic amines) is 1. The van der Waals surface area contributed by atoms with Crippen molar-refractivity contribution in [2.75, 3.05) is 12.0 Å². The Morgan fingerprint density at radius 2 is 2.22 bits per heavy atom. The van der Waals surface area contributed by atoms with E-state index in [9.17, 15) is 0 Å². The Hall–Kier alpha value is -1.20. The fourth-order valence-electron chi connectivity index (χ4n) is 2.53. The predicted octanol–water partition coefficient (Wildman–Crippen LogP) is 1.84. The molecule has 0 bridgehead atoms. The number of anilines is 1. The molecule has 1 atom stereocenters. The van der Waals surface area contributed by atoms with Gasteiger partial charge in [-0.2, -0.15) is 0 Å². The van der Waals surface area contributed by atoms with Crippen molar-refractivity contribution in [2.45, 2.75) is 52.1 Å². The van der Waals surface area contributed by atoms with Crippen molar-refractivity contribution >= 4 is 5.82 Å². The Morgan fingerprint density at radius 3 is 3.00 bits per heavy atom. The predicted molar refractivity (Wildman–Crippen MR) is 72.9 cm³/mol. The maximum atomic E-state index is 5.42. The zero-order chi connectivity index (χ0) is 13.0. The summed E-state index contributed by atoms with van der Waals surface area (Å²) in [4.78, 5) is 11.4. The fourth-order valence-corrected chi connectivity index (χ4v) is 2.53. The lowest BCUT2D eigenvalue weighted by molar-refractivity contribution is 0.200. The Bertz CT molecular complexity index is 393. The van der Waals surface area contributed by atoms with Gasteiger partial charge in [-0.1, -0.05) is 12.8 Å². The molecule has 1 aliphatic heterocycles. The summed E-state index contributed by atoms with van der Waals surface area (Å²) in [5.74, 6) is 6.97. The summed E-state index contributed by atoms with van der Waals surface area (Å²) < 4.78 is 0. The van der Waals surface area contributed by atoms with E-state index in [2.05, 4.69) is 27.2 Å². The first-order valence-corrected chi connectivity index (χ1v) is 6.74. The van der Waals surface area contributed by atoms with Crippen LogP contribution >= 0.6 is 0 Å². The molecule has 5 heteroatoms. The molecule has 2 rings (SSSR count). The molecule has 0 aliphatic carbocycles. The van der Waals surface area contributed by atoms with Gasteiger partial charge >= 0.3 is 0 Å². The van der Waals surface area contributed by atoms with Crippen LogP contribution < -0.4 is 11.3 Å². The van der Waals surface area contributed by atoms with Crippen molar-refractivity contribution in [1.29, 1.82) is 0 Å². The van der Waals surface area contributed by atoms with Crippen molar-refractivity contribution in [3.63, 3.8) is 0 Å². The van der Waals surface area contributed by atoms with E-state index in [0.29, 0.717) is 11.9 Å². The zero-order valence-corrected chi connectivity index (χ0v) is 11.3. The van der Waals surface area contributed by atoms with E-state index >= 15 is 0 Å². The standard InChI is InChI=1S/C13H23N5/c1-10-8-12(17-14)16-13(15-10)9-18-7-5-3-4-6-11(18)2/h8,11H,3-7,9,14H2,1-2H3,(H,15,16,17). The molecule has 5 nitrogen and oxygen atoms in total. The van der Waals surface area contributed by atoms with Crippen molar-refractivity contribution in [3.8, 4) is 0 Å².